The maximum atomic E-state index is 8.95. The maximum Gasteiger partial charge on any atom is 0.229 e. The van der Waals surface area contributed by atoms with Crippen molar-refractivity contribution in [3.8, 4) is 0 Å². The summed E-state index contributed by atoms with van der Waals surface area (Å²) < 4.78 is 0. The Kier molecular flexibility index (Phi) is 5.35. The Morgan fingerprint density at radius 3 is 2.62 bits per heavy atom. The van der Waals surface area contributed by atoms with E-state index in [1.807, 2.05) is 30.3 Å². The topological polar surface area (TPSA) is 70.1 Å². The minimum absolute atomic E-state index is 0.129. The number of aliphatic hydroxyl groups is 1. The molecule has 0 atom stereocenters. The highest BCUT2D eigenvalue weighted by Crippen LogP contribution is 2.28. The van der Waals surface area contributed by atoms with Gasteiger partial charge in [-0.25, -0.2) is 4.98 Å². The molecule has 124 valence electrons. The second kappa shape index (κ2) is 7.66. The zero-order valence-electron chi connectivity index (χ0n) is 12.8. The molecule has 0 amide bonds. The normalized spacial score (nSPS) is 10.8. The van der Waals surface area contributed by atoms with Gasteiger partial charge < -0.3 is 15.7 Å². The standard InChI is InChI=1S/C17H16Cl2N4O/c18-13-7-6-11(10-14(13)19)21-17-22-15-5-2-1-4-12(15)16(23-17)20-8-3-9-24/h1-2,4-7,10,24H,3,8-9H2,(H2,20,21,22,23). The monoisotopic (exact) mass is 362 g/mol. The Labute approximate surface area is 149 Å². The molecule has 0 aliphatic heterocycles. The van der Waals surface area contributed by atoms with Crippen LogP contribution in [0.4, 0.5) is 17.5 Å². The van der Waals surface area contributed by atoms with E-state index in [2.05, 4.69) is 20.6 Å². The number of rotatable bonds is 6. The number of hydrogen-bond donors (Lipinski definition) is 3. The first-order valence-electron chi connectivity index (χ1n) is 7.51. The molecule has 5 nitrogen and oxygen atoms in total. The fraction of sp³-hybridized carbons (Fsp3) is 0.176. The summed E-state index contributed by atoms with van der Waals surface area (Å²) in [5, 5.41) is 17.2. The number of aliphatic hydroxyl groups excluding tert-OH is 1. The van der Waals surface area contributed by atoms with Crippen LogP contribution in [-0.4, -0.2) is 28.2 Å². The van der Waals surface area contributed by atoms with Crippen molar-refractivity contribution >= 4 is 51.6 Å². The molecule has 0 radical (unpaired) electrons. The zero-order valence-corrected chi connectivity index (χ0v) is 14.3. The van der Waals surface area contributed by atoms with E-state index in [1.54, 1.807) is 12.1 Å². The van der Waals surface area contributed by atoms with Crippen LogP contribution in [-0.2, 0) is 0 Å². The van der Waals surface area contributed by atoms with Gasteiger partial charge in [0.05, 0.1) is 15.6 Å². The van der Waals surface area contributed by atoms with Gasteiger partial charge in [-0.1, -0.05) is 35.3 Å². The van der Waals surface area contributed by atoms with Crippen molar-refractivity contribution in [2.75, 3.05) is 23.8 Å². The summed E-state index contributed by atoms with van der Waals surface area (Å²) in [6.45, 7) is 0.758. The molecule has 2 aromatic carbocycles. The zero-order chi connectivity index (χ0) is 16.9. The third kappa shape index (κ3) is 3.87. The van der Waals surface area contributed by atoms with E-state index in [4.69, 9.17) is 28.3 Å². The molecule has 0 spiro atoms. The number of aromatic nitrogens is 2. The number of nitrogens with one attached hydrogen (secondary N) is 2. The van der Waals surface area contributed by atoms with Gasteiger partial charge in [0.25, 0.3) is 0 Å². The highest BCUT2D eigenvalue weighted by Gasteiger charge is 2.08. The van der Waals surface area contributed by atoms with Gasteiger partial charge in [0.2, 0.25) is 5.95 Å². The average molecular weight is 363 g/mol. The second-order valence-electron chi connectivity index (χ2n) is 5.17. The summed E-state index contributed by atoms with van der Waals surface area (Å²) in [7, 11) is 0. The lowest BCUT2D eigenvalue weighted by molar-refractivity contribution is 0.292. The van der Waals surface area contributed by atoms with E-state index < -0.39 is 0 Å². The van der Waals surface area contributed by atoms with Crippen LogP contribution >= 0.6 is 23.2 Å². The third-order valence-electron chi connectivity index (χ3n) is 3.41. The van der Waals surface area contributed by atoms with Crippen molar-refractivity contribution in [1.29, 1.82) is 0 Å². The fourth-order valence-corrected chi connectivity index (χ4v) is 2.55. The summed E-state index contributed by atoms with van der Waals surface area (Å²) in [6.07, 6.45) is 0.647. The number of anilines is 3. The molecule has 1 heterocycles. The van der Waals surface area contributed by atoms with Gasteiger partial charge in [-0.3, -0.25) is 0 Å². The molecule has 0 aliphatic rings. The highest BCUT2D eigenvalue weighted by molar-refractivity contribution is 6.42. The van der Waals surface area contributed by atoms with E-state index in [1.165, 1.54) is 0 Å². The lowest BCUT2D eigenvalue weighted by atomic mass is 10.2. The molecular formula is C17H16Cl2N4O. The summed E-state index contributed by atoms with van der Waals surface area (Å²) in [6, 6.07) is 13.0. The van der Waals surface area contributed by atoms with Gasteiger partial charge in [0.1, 0.15) is 5.82 Å². The van der Waals surface area contributed by atoms with Crippen molar-refractivity contribution < 1.29 is 5.11 Å². The third-order valence-corrected chi connectivity index (χ3v) is 4.15. The minimum atomic E-state index is 0.129. The number of benzene rings is 2. The molecule has 0 unspecified atom stereocenters. The maximum absolute atomic E-state index is 8.95. The smallest absolute Gasteiger partial charge is 0.229 e. The number of nitrogens with zero attached hydrogens (tertiary/aromatic N) is 2. The van der Waals surface area contributed by atoms with Crippen molar-refractivity contribution in [3.05, 3.63) is 52.5 Å². The molecule has 3 rings (SSSR count). The van der Waals surface area contributed by atoms with Crippen molar-refractivity contribution in [3.63, 3.8) is 0 Å². The molecule has 0 saturated heterocycles. The van der Waals surface area contributed by atoms with E-state index in [9.17, 15) is 0 Å². The largest absolute Gasteiger partial charge is 0.396 e. The molecule has 0 aliphatic carbocycles. The molecule has 1 aromatic heterocycles. The fourth-order valence-electron chi connectivity index (χ4n) is 2.26. The van der Waals surface area contributed by atoms with Crippen LogP contribution in [0.3, 0.4) is 0 Å². The molecule has 3 N–H and O–H groups in total. The van der Waals surface area contributed by atoms with Gasteiger partial charge in [-0.2, -0.15) is 4.98 Å². The summed E-state index contributed by atoms with van der Waals surface area (Å²) in [5.41, 5.74) is 1.57. The van der Waals surface area contributed by atoms with Crippen LogP contribution in [0.1, 0.15) is 6.42 Å². The lowest BCUT2D eigenvalue weighted by Crippen LogP contribution is -2.08. The molecule has 0 fully saturated rings. The van der Waals surface area contributed by atoms with E-state index in [-0.39, 0.29) is 6.61 Å². The Morgan fingerprint density at radius 2 is 1.83 bits per heavy atom. The van der Waals surface area contributed by atoms with Gasteiger partial charge in [0, 0.05) is 24.2 Å². The van der Waals surface area contributed by atoms with E-state index >= 15 is 0 Å². The number of para-hydroxylation sites is 1. The van der Waals surface area contributed by atoms with Gasteiger partial charge in [-0.15, -0.1) is 0 Å². The van der Waals surface area contributed by atoms with Crippen molar-refractivity contribution in [2.24, 2.45) is 0 Å². The van der Waals surface area contributed by atoms with Crippen LogP contribution in [0.25, 0.3) is 10.9 Å². The molecule has 0 bridgehead atoms. The Morgan fingerprint density at radius 1 is 1.00 bits per heavy atom. The summed E-state index contributed by atoms with van der Waals surface area (Å²) in [4.78, 5) is 9.05. The van der Waals surface area contributed by atoms with Crippen LogP contribution < -0.4 is 10.6 Å². The van der Waals surface area contributed by atoms with Gasteiger partial charge in [-0.05, 0) is 36.8 Å². The highest BCUT2D eigenvalue weighted by atomic mass is 35.5. The Balaban J connectivity index is 1.93. The lowest BCUT2D eigenvalue weighted by Gasteiger charge is -2.12. The quantitative estimate of drug-likeness (QED) is 0.564. The minimum Gasteiger partial charge on any atom is -0.396 e. The number of halogens is 2. The Hall–Kier alpha value is -2.08. The summed E-state index contributed by atoms with van der Waals surface area (Å²) in [5.74, 6) is 1.18. The van der Waals surface area contributed by atoms with E-state index in [0.717, 1.165) is 22.4 Å². The second-order valence-corrected chi connectivity index (χ2v) is 5.99. The molecule has 0 saturated carbocycles. The average Bonchev–Trinajstić information content (AvgIpc) is 2.58. The van der Waals surface area contributed by atoms with Crippen LogP contribution in [0.2, 0.25) is 10.0 Å². The van der Waals surface area contributed by atoms with Gasteiger partial charge >= 0.3 is 0 Å². The van der Waals surface area contributed by atoms with Gasteiger partial charge in [0.15, 0.2) is 0 Å². The molecule has 24 heavy (non-hydrogen) atoms. The predicted octanol–water partition coefficient (Wildman–Crippen LogP) is 4.47. The van der Waals surface area contributed by atoms with Crippen LogP contribution in [0, 0.1) is 0 Å². The molecular weight excluding hydrogens is 347 g/mol. The van der Waals surface area contributed by atoms with Crippen molar-refractivity contribution in [2.45, 2.75) is 6.42 Å². The van der Waals surface area contributed by atoms with Crippen LogP contribution in [0.15, 0.2) is 42.5 Å². The summed E-state index contributed by atoms with van der Waals surface area (Å²) >= 11 is 12.0. The molecule has 3 aromatic rings. The predicted molar refractivity (Wildman–Crippen MR) is 99.5 cm³/mol. The number of fused-ring (bicyclic) bond motifs is 1. The first-order chi connectivity index (χ1) is 11.7. The van der Waals surface area contributed by atoms with E-state index in [0.29, 0.717) is 29.0 Å². The number of hydrogen-bond acceptors (Lipinski definition) is 5. The SMILES string of the molecule is OCCCNc1nc(Nc2ccc(Cl)c(Cl)c2)nc2ccccc12. The first-order valence-corrected chi connectivity index (χ1v) is 8.26. The molecule has 7 heteroatoms. The first kappa shape index (κ1) is 16.8. The Bertz CT molecular complexity index is 857. The van der Waals surface area contributed by atoms with Crippen molar-refractivity contribution in [1.82, 2.24) is 9.97 Å². The van der Waals surface area contributed by atoms with Crippen LogP contribution in [0.5, 0.6) is 0 Å².